The number of amidine groups is 1. The van der Waals surface area contributed by atoms with Gasteiger partial charge in [-0.1, -0.05) is 11.2 Å². The molecule has 0 unspecified atom stereocenters. The highest BCUT2D eigenvalue weighted by molar-refractivity contribution is 9.10. The Labute approximate surface area is 101 Å². The van der Waals surface area contributed by atoms with Gasteiger partial charge in [-0.25, -0.2) is 0 Å². The van der Waals surface area contributed by atoms with Gasteiger partial charge in [-0.15, -0.1) is 0 Å². The van der Waals surface area contributed by atoms with Crippen LogP contribution in [0.4, 0.5) is 5.69 Å². The minimum atomic E-state index is -0.333. The molecule has 6 heteroatoms. The van der Waals surface area contributed by atoms with Crippen LogP contribution in [0.15, 0.2) is 27.8 Å². The van der Waals surface area contributed by atoms with Gasteiger partial charge in [0.05, 0.1) is 12.1 Å². The van der Waals surface area contributed by atoms with E-state index < -0.39 is 0 Å². The Morgan fingerprint density at radius 3 is 2.88 bits per heavy atom. The Morgan fingerprint density at radius 2 is 2.31 bits per heavy atom. The molecule has 0 saturated carbocycles. The van der Waals surface area contributed by atoms with Crippen LogP contribution in [0.3, 0.4) is 0 Å². The molecule has 1 rings (SSSR count). The second kappa shape index (κ2) is 5.50. The average molecular weight is 286 g/mol. The Kier molecular flexibility index (Phi) is 4.30. The lowest BCUT2D eigenvalue weighted by atomic mass is 10.2. The summed E-state index contributed by atoms with van der Waals surface area (Å²) in [5.41, 5.74) is 6.96. The lowest BCUT2D eigenvalue weighted by Gasteiger charge is -2.07. The third kappa shape index (κ3) is 3.54. The van der Waals surface area contributed by atoms with E-state index in [2.05, 4.69) is 26.4 Å². The zero-order chi connectivity index (χ0) is 12.1. The summed E-state index contributed by atoms with van der Waals surface area (Å²) < 4.78 is 0.792. The number of nitrogens with two attached hydrogens (primary N) is 1. The van der Waals surface area contributed by atoms with Crippen LogP contribution in [0.25, 0.3) is 0 Å². The Balaban J connectivity index is 2.70. The van der Waals surface area contributed by atoms with Crippen molar-refractivity contribution in [1.82, 2.24) is 0 Å². The summed E-state index contributed by atoms with van der Waals surface area (Å²) in [6.45, 7) is 1.95. The highest BCUT2D eigenvalue weighted by Crippen LogP contribution is 2.23. The number of nitrogens with zero attached hydrogens (tertiary/aromatic N) is 1. The topological polar surface area (TPSA) is 87.7 Å². The fraction of sp³-hybridized carbons (Fsp3) is 0.200. The molecule has 1 aromatic rings. The summed E-state index contributed by atoms with van der Waals surface area (Å²) in [5, 5.41) is 13.7. The molecular weight excluding hydrogens is 274 g/mol. The first-order valence-corrected chi connectivity index (χ1v) is 5.34. The molecule has 0 atom stereocenters. The first-order valence-electron chi connectivity index (χ1n) is 4.55. The van der Waals surface area contributed by atoms with Gasteiger partial charge in [0.15, 0.2) is 0 Å². The standard InChI is InChI=1S/C10H12BrN3O2/c1-6-2-3-8(7(11)4-6)13-10(15)5-9(12)14-16/h2-4,16H,5H2,1H3,(H2,12,14)(H,13,15). The summed E-state index contributed by atoms with van der Waals surface area (Å²) in [6.07, 6.45) is -0.142. The van der Waals surface area contributed by atoms with Crippen molar-refractivity contribution in [2.24, 2.45) is 10.9 Å². The minimum Gasteiger partial charge on any atom is -0.409 e. The van der Waals surface area contributed by atoms with Crippen LogP contribution in [0.1, 0.15) is 12.0 Å². The average Bonchev–Trinajstić information content (AvgIpc) is 2.22. The van der Waals surface area contributed by atoms with Gasteiger partial charge in [0.25, 0.3) is 0 Å². The number of aryl methyl sites for hydroxylation is 1. The first kappa shape index (κ1) is 12.5. The molecule has 5 nitrogen and oxygen atoms in total. The largest absolute Gasteiger partial charge is 0.409 e. The van der Waals surface area contributed by atoms with Crippen LogP contribution < -0.4 is 11.1 Å². The number of nitrogens with one attached hydrogen (secondary N) is 1. The summed E-state index contributed by atoms with van der Waals surface area (Å²) in [7, 11) is 0. The monoisotopic (exact) mass is 285 g/mol. The number of halogens is 1. The van der Waals surface area contributed by atoms with Crippen LogP contribution in [0.2, 0.25) is 0 Å². The highest BCUT2D eigenvalue weighted by Gasteiger charge is 2.07. The van der Waals surface area contributed by atoms with Crippen molar-refractivity contribution in [2.75, 3.05) is 5.32 Å². The second-order valence-corrected chi connectivity index (χ2v) is 4.15. The second-order valence-electron chi connectivity index (χ2n) is 3.30. The third-order valence-electron chi connectivity index (χ3n) is 1.87. The number of benzene rings is 1. The van der Waals surface area contributed by atoms with Crippen LogP contribution in [-0.2, 0) is 4.79 Å². The van der Waals surface area contributed by atoms with Crippen molar-refractivity contribution in [3.05, 3.63) is 28.2 Å². The van der Waals surface area contributed by atoms with Crippen molar-refractivity contribution >= 4 is 33.4 Å². The van der Waals surface area contributed by atoms with E-state index in [0.29, 0.717) is 5.69 Å². The predicted octanol–water partition coefficient (Wildman–Crippen LogP) is 1.83. The van der Waals surface area contributed by atoms with E-state index in [4.69, 9.17) is 10.9 Å². The van der Waals surface area contributed by atoms with E-state index in [1.54, 1.807) is 6.07 Å². The Bertz CT molecular complexity index is 432. The molecule has 1 aromatic carbocycles. The van der Waals surface area contributed by atoms with E-state index in [9.17, 15) is 4.79 Å². The molecule has 0 saturated heterocycles. The summed E-state index contributed by atoms with van der Waals surface area (Å²) in [4.78, 5) is 11.4. The molecule has 86 valence electrons. The van der Waals surface area contributed by atoms with Gasteiger partial charge in [0.1, 0.15) is 5.84 Å². The lowest BCUT2D eigenvalue weighted by Crippen LogP contribution is -2.22. The van der Waals surface area contributed by atoms with Crippen molar-refractivity contribution in [3.8, 4) is 0 Å². The zero-order valence-electron chi connectivity index (χ0n) is 8.70. The molecule has 0 aliphatic rings. The predicted molar refractivity (Wildman–Crippen MR) is 65.5 cm³/mol. The number of anilines is 1. The van der Waals surface area contributed by atoms with Gasteiger partial charge in [0, 0.05) is 4.47 Å². The number of hydrogen-bond acceptors (Lipinski definition) is 3. The maximum absolute atomic E-state index is 11.4. The van der Waals surface area contributed by atoms with Crippen LogP contribution in [0.5, 0.6) is 0 Å². The summed E-state index contributed by atoms with van der Waals surface area (Å²) in [6, 6.07) is 5.55. The molecule has 1 amide bonds. The zero-order valence-corrected chi connectivity index (χ0v) is 10.3. The number of carbonyl (C=O) groups excluding carboxylic acids is 1. The van der Waals surface area contributed by atoms with E-state index in [-0.39, 0.29) is 18.2 Å². The Morgan fingerprint density at radius 1 is 1.62 bits per heavy atom. The summed E-state index contributed by atoms with van der Waals surface area (Å²) >= 11 is 3.33. The molecule has 0 aliphatic heterocycles. The van der Waals surface area contributed by atoms with E-state index in [1.165, 1.54) is 0 Å². The Hall–Kier alpha value is -1.56. The van der Waals surface area contributed by atoms with Crippen LogP contribution >= 0.6 is 15.9 Å². The molecule has 0 aromatic heterocycles. The first-order chi connectivity index (χ1) is 7.52. The fourth-order valence-electron chi connectivity index (χ4n) is 1.12. The van der Waals surface area contributed by atoms with Crippen LogP contribution in [0, 0.1) is 6.92 Å². The highest BCUT2D eigenvalue weighted by atomic mass is 79.9. The molecule has 0 aliphatic carbocycles. The maximum Gasteiger partial charge on any atom is 0.232 e. The maximum atomic E-state index is 11.4. The number of hydrogen-bond donors (Lipinski definition) is 3. The van der Waals surface area contributed by atoms with Gasteiger partial charge in [-0.3, -0.25) is 4.79 Å². The van der Waals surface area contributed by atoms with E-state index in [0.717, 1.165) is 10.0 Å². The van der Waals surface area contributed by atoms with Crippen molar-refractivity contribution in [2.45, 2.75) is 13.3 Å². The number of rotatable bonds is 3. The van der Waals surface area contributed by atoms with Crippen molar-refractivity contribution in [3.63, 3.8) is 0 Å². The molecule has 0 heterocycles. The number of carbonyl (C=O) groups is 1. The molecule has 0 fully saturated rings. The van der Waals surface area contributed by atoms with Crippen molar-refractivity contribution < 1.29 is 10.0 Å². The van der Waals surface area contributed by atoms with Crippen LogP contribution in [-0.4, -0.2) is 17.0 Å². The number of oxime groups is 1. The number of amides is 1. The van der Waals surface area contributed by atoms with E-state index in [1.807, 2.05) is 19.1 Å². The fourth-order valence-corrected chi connectivity index (χ4v) is 1.71. The minimum absolute atomic E-state index is 0.124. The van der Waals surface area contributed by atoms with Gasteiger partial charge in [-0.05, 0) is 40.5 Å². The normalized spacial score (nSPS) is 11.2. The van der Waals surface area contributed by atoms with Gasteiger partial charge < -0.3 is 16.3 Å². The quantitative estimate of drug-likeness (QED) is 0.343. The SMILES string of the molecule is Cc1ccc(NC(=O)C/C(N)=N/O)c(Br)c1. The molecule has 4 N–H and O–H groups in total. The summed E-state index contributed by atoms with van der Waals surface area (Å²) in [5.74, 6) is -0.458. The lowest BCUT2D eigenvalue weighted by molar-refractivity contribution is -0.115. The van der Waals surface area contributed by atoms with Gasteiger partial charge in [0.2, 0.25) is 5.91 Å². The van der Waals surface area contributed by atoms with E-state index >= 15 is 0 Å². The molecule has 0 spiro atoms. The van der Waals surface area contributed by atoms with Gasteiger partial charge >= 0.3 is 0 Å². The smallest absolute Gasteiger partial charge is 0.232 e. The van der Waals surface area contributed by atoms with Crippen molar-refractivity contribution in [1.29, 1.82) is 0 Å². The molecule has 0 radical (unpaired) electrons. The molecule has 0 bridgehead atoms. The third-order valence-corrected chi connectivity index (χ3v) is 2.52. The molecular formula is C10H12BrN3O2. The molecule has 16 heavy (non-hydrogen) atoms. The van der Waals surface area contributed by atoms with Gasteiger partial charge in [-0.2, -0.15) is 0 Å².